The molecule has 0 aliphatic carbocycles. The quantitative estimate of drug-likeness (QED) is 0.124. The third-order valence-corrected chi connectivity index (χ3v) is 7.81. The van der Waals surface area contributed by atoms with E-state index in [0.717, 1.165) is 60.6 Å². The van der Waals surface area contributed by atoms with Gasteiger partial charge in [-0.05, 0) is 45.0 Å². The van der Waals surface area contributed by atoms with E-state index in [1.54, 1.807) is 20.8 Å². The van der Waals surface area contributed by atoms with Gasteiger partial charge in [-0.15, -0.1) is 0 Å². The summed E-state index contributed by atoms with van der Waals surface area (Å²) in [5.74, 6) is -10.7. The predicted octanol–water partition coefficient (Wildman–Crippen LogP) is 4.99. The largest absolute Gasteiger partial charge is 0.481 e. The van der Waals surface area contributed by atoms with Crippen molar-refractivity contribution in [2.24, 2.45) is 5.41 Å². The molecule has 0 saturated heterocycles. The molecule has 3 aromatic rings. The first-order chi connectivity index (χ1) is 28.9. The van der Waals surface area contributed by atoms with Crippen LogP contribution < -0.4 is 42.6 Å². The van der Waals surface area contributed by atoms with Gasteiger partial charge in [0.25, 0.3) is 0 Å². The molecular formula is C42H42O20. The molecule has 0 bridgehead atoms. The Morgan fingerprint density at radius 2 is 1.02 bits per heavy atom. The molecule has 0 amide bonds. The molecule has 4 rings (SSSR count). The molecule has 1 heterocycles. The van der Waals surface area contributed by atoms with Gasteiger partial charge in [-0.3, -0.25) is 38.4 Å². The average molecular weight is 867 g/mol. The predicted molar refractivity (Wildman–Crippen MR) is 206 cm³/mol. The molecule has 0 radical (unpaired) electrons. The number of esters is 9. The van der Waals surface area contributed by atoms with Crippen LogP contribution in [0.5, 0.6) is 51.7 Å². The fourth-order valence-corrected chi connectivity index (χ4v) is 5.61. The highest BCUT2D eigenvalue weighted by Crippen LogP contribution is 2.48. The van der Waals surface area contributed by atoms with Crippen LogP contribution in [-0.2, 0) is 54.3 Å². The van der Waals surface area contributed by atoms with Gasteiger partial charge in [-0.2, -0.15) is 0 Å². The van der Waals surface area contributed by atoms with Crippen LogP contribution in [0, 0.1) is 5.41 Å². The van der Waals surface area contributed by atoms with E-state index >= 15 is 0 Å². The summed E-state index contributed by atoms with van der Waals surface area (Å²) in [4.78, 5) is 112. The van der Waals surface area contributed by atoms with Gasteiger partial charge in [0.15, 0.2) is 29.1 Å². The van der Waals surface area contributed by atoms with E-state index in [2.05, 4.69) is 0 Å². The highest BCUT2D eigenvalue weighted by molar-refractivity contribution is 5.92. The van der Waals surface area contributed by atoms with Gasteiger partial charge in [-0.1, -0.05) is 0 Å². The maximum Gasteiger partial charge on any atom is 0.338 e. The van der Waals surface area contributed by atoms with Gasteiger partial charge < -0.3 is 52.1 Å². The fraction of sp³-hybridized carbons (Fsp3) is 0.357. The van der Waals surface area contributed by atoms with E-state index in [9.17, 15) is 43.2 Å². The normalized spacial score (nSPS) is 14.0. The summed E-state index contributed by atoms with van der Waals surface area (Å²) in [5, 5.41) is 0. The van der Waals surface area contributed by atoms with Gasteiger partial charge in [0.1, 0.15) is 23.4 Å². The monoisotopic (exact) mass is 866 g/mol. The van der Waals surface area contributed by atoms with Crippen LogP contribution in [0.2, 0.25) is 0 Å². The van der Waals surface area contributed by atoms with E-state index in [1.807, 2.05) is 0 Å². The Balaban J connectivity index is 1.93. The standard InChI is InChI=1S/C42H42O20/c1-19(43)54-28-15-30(55-20(2)44)29-17-36(37(61-31(29)16-28)26-11-34(58-23(5)47)39(60-25(7)49)35(12-26)59-24(6)48)62-40(50)27-13-32(56-21(3)45)38(33(14-27)57-22(4)46)52-18-53-41(51)42(8,9)10/h11-16,36-37H,17-18H2,1-10H3/t36-,37-/m1/s1. The van der Waals surface area contributed by atoms with Gasteiger partial charge in [0, 0.05) is 78.1 Å². The Kier molecular flexibility index (Phi) is 15.0. The molecule has 2 atom stereocenters. The van der Waals surface area contributed by atoms with Crippen molar-refractivity contribution in [3.63, 3.8) is 0 Å². The number of rotatable bonds is 13. The van der Waals surface area contributed by atoms with Crippen molar-refractivity contribution >= 4 is 53.7 Å². The maximum absolute atomic E-state index is 14.2. The summed E-state index contributed by atoms with van der Waals surface area (Å²) < 4.78 is 60.3. The van der Waals surface area contributed by atoms with Gasteiger partial charge in [0.2, 0.25) is 18.3 Å². The number of ether oxygens (including phenoxy) is 11. The second-order valence-electron chi connectivity index (χ2n) is 14.3. The SMILES string of the molecule is CC(=O)Oc1cc(OC(C)=O)c2c(c1)O[C@H](c1cc(OC(C)=O)c(OC(C)=O)c(OC(C)=O)c1)[C@H](OC(=O)c1cc(OC(C)=O)c(OCOC(=O)C(C)(C)C)c(OC(C)=O)c1)C2. The van der Waals surface area contributed by atoms with Crippen LogP contribution in [0.1, 0.15) is 96.8 Å². The zero-order chi connectivity index (χ0) is 46.2. The molecule has 20 nitrogen and oxygen atoms in total. The Bertz CT molecular complexity index is 2260. The van der Waals surface area contributed by atoms with E-state index in [-0.39, 0.29) is 34.8 Å². The molecule has 3 aromatic carbocycles. The lowest BCUT2D eigenvalue weighted by atomic mass is 9.93. The van der Waals surface area contributed by atoms with Crippen molar-refractivity contribution < 1.29 is 95.3 Å². The third-order valence-electron chi connectivity index (χ3n) is 7.81. The minimum atomic E-state index is -1.46. The topological polar surface area (TPSA) is 255 Å². The number of carbonyl (C=O) groups excluding carboxylic acids is 9. The number of carbonyl (C=O) groups is 9. The number of hydrogen-bond donors (Lipinski definition) is 0. The lowest BCUT2D eigenvalue weighted by Crippen LogP contribution is -2.35. The molecule has 0 saturated carbocycles. The first-order valence-electron chi connectivity index (χ1n) is 18.4. The molecule has 1 aliphatic heterocycles. The van der Waals surface area contributed by atoms with E-state index in [0.29, 0.717) is 0 Å². The zero-order valence-corrected chi connectivity index (χ0v) is 35.2. The van der Waals surface area contributed by atoms with Gasteiger partial charge >= 0.3 is 53.7 Å². The molecule has 0 fully saturated rings. The lowest BCUT2D eigenvalue weighted by Gasteiger charge is -2.34. The van der Waals surface area contributed by atoms with Crippen molar-refractivity contribution in [2.75, 3.05) is 6.79 Å². The lowest BCUT2D eigenvalue weighted by molar-refractivity contribution is -0.160. The number of benzene rings is 3. The first kappa shape index (κ1) is 47.2. The van der Waals surface area contributed by atoms with Crippen molar-refractivity contribution in [3.8, 4) is 51.7 Å². The Morgan fingerprint density at radius 3 is 1.47 bits per heavy atom. The van der Waals surface area contributed by atoms with Crippen LogP contribution in [0.4, 0.5) is 0 Å². The van der Waals surface area contributed by atoms with E-state index in [4.69, 9.17) is 52.1 Å². The Labute approximate surface area is 353 Å². The summed E-state index contributed by atoms with van der Waals surface area (Å²) in [6, 6.07) is 6.92. The van der Waals surface area contributed by atoms with Crippen molar-refractivity contribution in [1.29, 1.82) is 0 Å². The van der Waals surface area contributed by atoms with Crippen LogP contribution in [-0.4, -0.2) is 66.6 Å². The second kappa shape index (κ2) is 19.7. The zero-order valence-electron chi connectivity index (χ0n) is 35.2. The Morgan fingerprint density at radius 1 is 0.565 bits per heavy atom. The van der Waals surface area contributed by atoms with Crippen LogP contribution in [0.15, 0.2) is 36.4 Å². The van der Waals surface area contributed by atoms with Crippen molar-refractivity contribution in [3.05, 3.63) is 53.1 Å². The minimum Gasteiger partial charge on any atom is -0.481 e. The smallest absolute Gasteiger partial charge is 0.338 e. The van der Waals surface area contributed by atoms with Crippen LogP contribution >= 0.6 is 0 Å². The number of hydrogen-bond acceptors (Lipinski definition) is 20. The Hall–Kier alpha value is -7.51. The number of fused-ring (bicyclic) bond motifs is 1. The van der Waals surface area contributed by atoms with Gasteiger partial charge in [0.05, 0.1) is 11.0 Å². The molecule has 330 valence electrons. The van der Waals surface area contributed by atoms with Crippen molar-refractivity contribution in [1.82, 2.24) is 0 Å². The highest BCUT2D eigenvalue weighted by atomic mass is 16.7. The molecule has 0 N–H and O–H groups in total. The summed E-state index contributed by atoms with van der Waals surface area (Å²) in [6.07, 6.45) is -3.23. The molecule has 0 spiro atoms. The van der Waals surface area contributed by atoms with Gasteiger partial charge in [-0.25, -0.2) is 4.79 Å². The molecular weight excluding hydrogens is 824 g/mol. The molecule has 62 heavy (non-hydrogen) atoms. The maximum atomic E-state index is 14.2. The molecule has 0 aromatic heterocycles. The minimum absolute atomic E-state index is 0.0152. The van der Waals surface area contributed by atoms with Crippen molar-refractivity contribution in [2.45, 2.75) is 87.9 Å². The third kappa shape index (κ3) is 12.7. The second-order valence-corrected chi connectivity index (χ2v) is 14.3. The highest BCUT2D eigenvalue weighted by Gasteiger charge is 2.39. The summed E-state index contributed by atoms with van der Waals surface area (Å²) in [7, 11) is 0. The summed E-state index contributed by atoms with van der Waals surface area (Å²) in [6.45, 7) is 11.5. The van der Waals surface area contributed by atoms with E-state index in [1.165, 1.54) is 24.3 Å². The fourth-order valence-electron chi connectivity index (χ4n) is 5.61. The first-order valence-corrected chi connectivity index (χ1v) is 18.4. The molecule has 20 heteroatoms. The van der Waals surface area contributed by atoms with Crippen LogP contribution in [0.25, 0.3) is 0 Å². The van der Waals surface area contributed by atoms with E-state index < -0.39 is 118 Å². The average Bonchev–Trinajstić information content (AvgIpc) is 3.11. The summed E-state index contributed by atoms with van der Waals surface area (Å²) >= 11 is 0. The molecule has 1 aliphatic rings. The summed E-state index contributed by atoms with van der Waals surface area (Å²) in [5.41, 5.74) is -1.19. The molecule has 0 unspecified atom stereocenters. The van der Waals surface area contributed by atoms with Crippen LogP contribution in [0.3, 0.4) is 0 Å².